The summed E-state index contributed by atoms with van der Waals surface area (Å²) in [6.45, 7) is 1.35. The molecule has 0 heterocycles. The average Bonchev–Trinajstić information content (AvgIpc) is 2.55. The first-order valence-corrected chi connectivity index (χ1v) is 7.90. The van der Waals surface area contributed by atoms with Crippen molar-refractivity contribution >= 4 is 46.4 Å². The van der Waals surface area contributed by atoms with Gasteiger partial charge in [0.05, 0.1) is 20.8 Å². The number of phenolic OH excluding ortho intramolecular Hbond substituents is 1. The number of carbonyl (C=O) groups excluding carboxylic acids is 1. The Balaban J connectivity index is 1.96. The second-order valence-electron chi connectivity index (χ2n) is 4.73. The van der Waals surface area contributed by atoms with E-state index in [0.717, 1.165) is 0 Å². The number of amides is 1. The van der Waals surface area contributed by atoms with E-state index in [1.807, 2.05) is 0 Å². The lowest BCUT2D eigenvalue weighted by Gasteiger charge is -2.09. The summed E-state index contributed by atoms with van der Waals surface area (Å²) in [5.41, 5.74) is 3.31. The Morgan fingerprint density at radius 2 is 1.83 bits per heavy atom. The lowest BCUT2D eigenvalue weighted by Crippen LogP contribution is -2.25. The van der Waals surface area contributed by atoms with Crippen molar-refractivity contribution in [3.05, 3.63) is 57.0 Å². The molecule has 2 N–H and O–H groups in total. The van der Waals surface area contributed by atoms with E-state index < -0.39 is 5.91 Å². The maximum absolute atomic E-state index is 11.8. The first kappa shape index (κ1) is 18.4. The van der Waals surface area contributed by atoms with E-state index in [-0.39, 0.29) is 28.2 Å². The van der Waals surface area contributed by atoms with Crippen LogP contribution < -0.4 is 10.2 Å². The standard InChI is InChI=1S/C16H13Cl3N2O3/c1-9(10-4-2-3-5-14(10)22)20-21-16(23)8-24-15-7-12(18)11(17)6-13(15)19/h2-7,22H,8H2,1H3,(H,21,23)/b20-9-. The predicted molar refractivity (Wildman–Crippen MR) is 95.4 cm³/mol. The van der Waals surface area contributed by atoms with Crippen molar-refractivity contribution in [1.29, 1.82) is 0 Å². The van der Waals surface area contributed by atoms with Gasteiger partial charge in [-0.25, -0.2) is 5.43 Å². The monoisotopic (exact) mass is 386 g/mol. The second kappa shape index (κ2) is 8.24. The summed E-state index contributed by atoms with van der Waals surface area (Å²) in [5, 5.41) is 14.4. The van der Waals surface area contributed by atoms with Gasteiger partial charge in [-0.2, -0.15) is 5.10 Å². The molecule has 0 unspecified atom stereocenters. The van der Waals surface area contributed by atoms with Crippen LogP contribution in [0.4, 0.5) is 0 Å². The molecule has 0 fully saturated rings. The maximum Gasteiger partial charge on any atom is 0.277 e. The molecule has 0 spiro atoms. The largest absolute Gasteiger partial charge is 0.507 e. The zero-order chi connectivity index (χ0) is 17.7. The molecule has 0 aliphatic heterocycles. The summed E-state index contributed by atoms with van der Waals surface area (Å²) in [7, 11) is 0. The van der Waals surface area contributed by atoms with Gasteiger partial charge in [-0.3, -0.25) is 4.79 Å². The van der Waals surface area contributed by atoms with Crippen molar-refractivity contribution in [3.8, 4) is 11.5 Å². The van der Waals surface area contributed by atoms with Gasteiger partial charge < -0.3 is 9.84 Å². The Hall–Kier alpha value is -1.95. The van der Waals surface area contributed by atoms with Gasteiger partial charge >= 0.3 is 0 Å². The van der Waals surface area contributed by atoms with Crippen molar-refractivity contribution in [1.82, 2.24) is 5.43 Å². The molecule has 1 amide bonds. The van der Waals surface area contributed by atoms with Crippen LogP contribution in [-0.2, 0) is 4.79 Å². The number of hydrazone groups is 1. The van der Waals surface area contributed by atoms with Crippen LogP contribution in [0.3, 0.4) is 0 Å². The lowest BCUT2D eigenvalue weighted by molar-refractivity contribution is -0.123. The predicted octanol–water partition coefficient (Wildman–Crippen LogP) is 4.27. The number of nitrogens with zero attached hydrogens (tertiary/aromatic N) is 1. The second-order valence-corrected chi connectivity index (χ2v) is 5.96. The minimum atomic E-state index is -0.494. The first-order valence-electron chi connectivity index (χ1n) is 6.77. The van der Waals surface area contributed by atoms with Crippen LogP contribution in [0, 0.1) is 0 Å². The molecule has 2 aromatic rings. The van der Waals surface area contributed by atoms with E-state index in [1.54, 1.807) is 25.1 Å². The molecule has 2 aromatic carbocycles. The molecule has 0 radical (unpaired) electrons. The first-order chi connectivity index (χ1) is 11.4. The summed E-state index contributed by atoms with van der Waals surface area (Å²) in [6, 6.07) is 9.53. The minimum absolute atomic E-state index is 0.0758. The third kappa shape index (κ3) is 4.77. The summed E-state index contributed by atoms with van der Waals surface area (Å²) in [4.78, 5) is 11.8. The maximum atomic E-state index is 11.8. The van der Waals surface area contributed by atoms with Gasteiger partial charge in [-0.05, 0) is 25.1 Å². The minimum Gasteiger partial charge on any atom is -0.507 e. The van der Waals surface area contributed by atoms with E-state index >= 15 is 0 Å². The highest BCUT2D eigenvalue weighted by atomic mass is 35.5. The highest BCUT2D eigenvalue weighted by molar-refractivity contribution is 6.43. The number of benzene rings is 2. The number of hydrogen-bond acceptors (Lipinski definition) is 4. The molecule has 0 aliphatic carbocycles. The molecule has 0 aromatic heterocycles. The zero-order valence-corrected chi connectivity index (χ0v) is 14.8. The van der Waals surface area contributed by atoms with Crippen molar-refractivity contribution in [2.24, 2.45) is 5.10 Å². The van der Waals surface area contributed by atoms with Gasteiger partial charge in [0.25, 0.3) is 5.91 Å². The Morgan fingerprint density at radius 3 is 2.54 bits per heavy atom. The van der Waals surface area contributed by atoms with Gasteiger partial charge in [0, 0.05) is 11.6 Å². The summed E-state index contributed by atoms with van der Waals surface area (Å²) >= 11 is 17.6. The van der Waals surface area contributed by atoms with Gasteiger partial charge in [0.1, 0.15) is 11.5 Å². The van der Waals surface area contributed by atoms with Gasteiger partial charge in [0.2, 0.25) is 0 Å². The Labute approximate surface area is 153 Å². The molecule has 126 valence electrons. The molecule has 24 heavy (non-hydrogen) atoms. The Kier molecular flexibility index (Phi) is 6.31. The number of hydrogen-bond donors (Lipinski definition) is 2. The van der Waals surface area contributed by atoms with Crippen molar-refractivity contribution in [3.63, 3.8) is 0 Å². The summed E-state index contributed by atoms with van der Waals surface area (Å²) in [6.07, 6.45) is 0. The van der Waals surface area contributed by atoms with Crippen LogP contribution in [0.15, 0.2) is 41.5 Å². The number of aromatic hydroxyl groups is 1. The molecule has 5 nitrogen and oxygen atoms in total. The van der Waals surface area contributed by atoms with E-state index in [1.165, 1.54) is 18.2 Å². The quantitative estimate of drug-likeness (QED) is 0.457. The van der Waals surface area contributed by atoms with Gasteiger partial charge in [0.15, 0.2) is 6.61 Å². The Morgan fingerprint density at radius 1 is 1.17 bits per heavy atom. The molecular weight excluding hydrogens is 375 g/mol. The van der Waals surface area contributed by atoms with Crippen LogP contribution in [0.25, 0.3) is 0 Å². The fourth-order valence-corrected chi connectivity index (χ4v) is 2.37. The number of phenols is 1. The fourth-order valence-electron chi connectivity index (χ4n) is 1.78. The van der Waals surface area contributed by atoms with Crippen LogP contribution in [0.5, 0.6) is 11.5 Å². The molecular formula is C16H13Cl3N2O3. The SMILES string of the molecule is C/C(=N/NC(=O)COc1cc(Cl)c(Cl)cc1Cl)c1ccccc1O. The number of halogens is 3. The number of para-hydroxylation sites is 1. The molecule has 0 atom stereocenters. The van der Waals surface area contributed by atoms with Gasteiger partial charge in [-0.15, -0.1) is 0 Å². The van der Waals surface area contributed by atoms with Crippen LogP contribution in [-0.4, -0.2) is 23.3 Å². The zero-order valence-electron chi connectivity index (χ0n) is 12.5. The van der Waals surface area contributed by atoms with Crippen molar-refractivity contribution in [2.75, 3.05) is 6.61 Å². The van der Waals surface area contributed by atoms with Crippen LogP contribution >= 0.6 is 34.8 Å². The third-order valence-corrected chi connectivity index (χ3v) is 3.99. The van der Waals surface area contributed by atoms with Crippen LogP contribution in [0.2, 0.25) is 15.1 Å². The Bertz CT molecular complexity index is 794. The number of carbonyl (C=O) groups is 1. The lowest BCUT2D eigenvalue weighted by atomic mass is 10.1. The topological polar surface area (TPSA) is 70.9 Å². The number of rotatable bonds is 5. The van der Waals surface area contributed by atoms with E-state index in [4.69, 9.17) is 39.5 Å². The molecule has 2 rings (SSSR count). The molecule has 0 saturated carbocycles. The average molecular weight is 388 g/mol. The highest BCUT2D eigenvalue weighted by Gasteiger charge is 2.10. The van der Waals surface area contributed by atoms with Crippen LogP contribution in [0.1, 0.15) is 12.5 Å². The molecule has 0 aliphatic rings. The smallest absolute Gasteiger partial charge is 0.277 e. The van der Waals surface area contributed by atoms with Crippen molar-refractivity contribution in [2.45, 2.75) is 6.92 Å². The summed E-state index contributed by atoms with van der Waals surface area (Å²) < 4.78 is 5.29. The third-order valence-electron chi connectivity index (χ3n) is 2.98. The summed E-state index contributed by atoms with van der Waals surface area (Å²) in [5.74, 6) is -0.179. The molecule has 0 saturated heterocycles. The molecule has 8 heteroatoms. The normalized spacial score (nSPS) is 11.2. The number of nitrogens with one attached hydrogen (secondary N) is 1. The fraction of sp³-hybridized carbons (Fsp3) is 0.125. The van der Waals surface area contributed by atoms with E-state index in [0.29, 0.717) is 16.3 Å². The molecule has 0 bridgehead atoms. The van der Waals surface area contributed by atoms with Crippen molar-refractivity contribution < 1.29 is 14.6 Å². The van der Waals surface area contributed by atoms with E-state index in [9.17, 15) is 9.90 Å². The van der Waals surface area contributed by atoms with E-state index in [2.05, 4.69) is 10.5 Å². The van der Waals surface area contributed by atoms with Gasteiger partial charge in [-0.1, -0.05) is 46.9 Å². The highest BCUT2D eigenvalue weighted by Crippen LogP contribution is 2.33. The number of ether oxygens (including phenoxy) is 1.